The van der Waals surface area contributed by atoms with Gasteiger partial charge in [-0.15, -0.1) is 0 Å². The van der Waals surface area contributed by atoms with Gasteiger partial charge in [-0.3, -0.25) is 9.69 Å². The lowest BCUT2D eigenvalue weighted by molar-refractivity contribution is -0.133. The number of carbonyl (C=O) groups excluding carboxylic acids is 1. The third kappa shape index (κ3) is 4.72. The number of sulfonamides is 1. The van der Waals surface area contributed by atoms with Gasteiger partial charge in [-0.2, -0.15) is 4.31 Å². The molecule has 0 aliphatic carbocycles. The minimum atomic E-state index is -3.48. The third-order valence-corrected chi connectivity index (χ3v) is 8.82. The van der Waals surface area contributed by atoms with E-state index in [0.29, 0.717) is 44.0 Å². The van der Waals surface area contributed by atoms with Crippen molar-refractivity contribution >= 4 is 15.9 Å². The molecule has 1 aromatic carbocycles. The van der Waals surface area contributed by atoms with Gasteiger partial charge in [-0.05, 0) is 56.7 Å². The fraction of sp³-hybridized carbons (Fsp3) is 0.682. The molecule has 2 aliphatic heterocycles. The van der Waals surface area contributed by atoms with Crippen molar-refractivity contribution < 1.29 is 17.9 Å². The van der Waals surface area contributed by atoms with E-state index in [1.165, 1.54) is 0 Å². The van der Waals surface area contributed by atoms with Gasteiger partial charge in [0.2, 0.25) is 15.9 Å². The van der Waals surface area contributed by atoms with Crippen molar-refractivity contribution in [2.75, 3.05) is 39.9 Å². The monoisotopic (exact) mass is 437 g/mol. The second-order valence-corrected chi connectivity index (χ2v) is 10.5. The van der Waals surface area contributed by atoms with Gasteiger partial charge in [0.25, 0.3) is 0 Å². The molecule has 0 radical (unpaired) electrons. The normalized spacial score (nSPS) is 24.7. The Morgan fingerprint density at radius 2 is 1.93 bits per heavy atom. The molecule has 1 atom stereocenters. The highest BCUT2D eigenvalue weighted by molar-refractivity contribution is 7.89. The Bertz CT molecular complexity index is 837. The summed E-state index contributed by atoms with van der Waals surface area (Å²) in [5.41, 5.74) is 6.11. The largest absolute Gasteiger partial charge is 0.385 e. The van der Waals surface area contributed by atoms with Crippen LogP contribution in [0.15, 0.2) is 29.2 Å². The molecule has 30 heavy (non-hydrogen) atoms. The van der Waals surface area contributed by atoms with E-state index in [1.54, 1.807) is 23.5 Å². The average Bonchev–Trinajstić information content (AvgIpc) is 2.77. The Kier molecular flexibility index (Phi) is 7.55. The van der Waals surface area contributed by atoms with Crippen LogP contribution in [-0.4, -0.2) is 69.5 Å². The summed E-state index contributed by atoms with van der Waals surface area (Å²) in [7, 11) is -1.84. The molecule has 2 heterocycles. The summed E-state index contributed by atoms with van der Waals surface area (Å²) in [4.78, 5) is 15.0. The number of nitrogens with two attached hydrogens (primary N) is 1. The van der Waals surface area contributed by atoms with E-state index >= 15 is 0 Å². The smallest absolute Gasteiger partial charge is 0.243 e. The van der Waals surface area contributed by atoms with Crippen LogP contribution in [0.4, 0.5) is 0 Å². The Labute approximate surface area is 180 Å². The zero-order chi connectivity index (χ0) is 21.8. The van der Waals surface area contributed by atoms with Gasteiger partial charge in [-0.25, -0.2) is 8.42 Å². The summed E-state index contributed by atoms with van der Waals surface area (Å²) in [5.74, 6) is -0.250. The van der Waals surface area contributed by atoms with Gasteiger partial charge in [0.05, 0.1) is 10.3 Å². The number of aryl methyl sites for hydroxylation is 1. The van der Waals surface area contributed by atoms with Crippen LogP contribution in [-0.2, 0) is 26.0 Å². The molecule has 1 unspecified atom stereocenters. The van der Waals surface area contributed by atoms with Gasteiger partial charge < -0.3 is 10.5 Å². The number of ether oxygens (including phenoxy) is 1. The molecule has 2 N–H and O–H groups in total. The summed E-state index contributed by atoms with van der Waals surface area (Å²) in [5, 5.41) is 0. The number of hydrogen-bond donors (Lipinski definition) is 1. The SMILES string of the molecule is CCc1ccccc1S(=O)(=O)N1CCC(N2CCCC(CCOC)(C(N)=O)C2)CC1. The highest BCUT2D eigenvalue weighted by Gasteiger charge is 2.43. The van der Waals surface area contributed by atoms with Crippen molar-refractivity contribution in [1.29, 1.82) is 0 Å². The third-order valence-electron chi connectivity index (χ3n) is 6.83. The van der Waals surface area contributed by atoms with Crippen LogP contribution in [0.25, 0.3) is 0 Å². The number of likely N-dealkylation sites (tertiary alicyclic amines) is 1. The van der Waals surface area contributed by atoms with Gasteiger partial charge >= 0.3 is 0 Å². The minimum Gasteiger partial charge on any atom is -0.385 e. The quantitative estimate of drug-likeness (QED) is 0.672. The number of methoxy groups -OCH3 is 1. The second-order valence-electron chi connectivity index (χ2n) is 8.56. The molecule has 2 aliphatic rings. The number of rotatable bonds is 8. The van der Waals surface area contributed by atoms with E-state index in [-0.39, 0.29) is 11.9 Å². The Balaban J connectivity index is 1.67. The number of piperidine rings is 2. The van der Waals surface area contributed by atoms with Gasteiger partial charge in [-0.1, -0.05) is 25.1 Å². The first-order chi connectivity index (χ1) is 14.3. The van der Waals surface area contributed by atoms with E-state index in [2.05, 4.69) is 4.90 Å². The van der Waals surface area contributed by atoms with Crippen molar-refractivity contribution in [1.82, 2.24) is 9.21 Å². The maximum atomic E-state index is 13.2. The molecule has 0 aromatic heterocycles. The molecule has 8 heteroatoms. The van der Waals surface area contributed by atoms with E-state index in [1.807, 2.05) is 19.1 Å². The van der Waals surface area contributed by atoms with E-state index in [0.717, 1.165) is 37.8 Å². The van der Waals surface area contributed by atoms with Crippen LogP contribution < -0.4 is 5.73 Å². The molecule has 2 saturated heterocycles. The predicted octanol–water partition coefficient (Wildman–Crippen LogP) is 2.01. The molecule has 2 fully saturated rings. The molecule has 0 saturated carbocycles. The zero-order valence-electron chi connectivity index (χ0n) is 18.2. The van der Waals surface area contributed by atoms with Crippen molar-refractivity contribution in [2.45, 2.75) is 56.4 Å². The van der Waals surface area contributed by atoms with Gasteiger partial charge in [0, 0.05) is 39.4 Å². The van der Waals surface area contributed by atoms with Crippen molar-refractivity contribution in [2.24, 2.45) is 11.1 Å². The molecule has 1 aromatic rings. The molecule has 168 valence electrons. The number of primary amides is 1. The lowest BCUT2D eigenvalue weighted by Crippen LogP contribution is -2.56. The van der Waals surface area contributed by atoms with Crippen LogP contribution in [0.3, 0.4) is 0 Å². The summed E-state index contributed by atoms with van der Waals surface area (Å²) in [6.07, 6.45) is 4.59. The maximum absolute atomic E-state index is 13.2. The van der Waals surface area contributed by atoms with Crippen LogP contribution in [0, 0.1) is 5.41 Å². The second kappa shape index (κ2) is 9.77. The first-order valence-electron chi connectivity index (χ1n) is 10.9. The summed E-state index contributed by atoms with van der Waals surface area (Å²) >= 11 is 0. The van der Waals surface area contributed by atoms with Crippen LogP contribution >= 0.6 is 0 Å². The van der Waals surface area contributed by atoms with E-state index in [4.69, 9.17) is 10.5 Å². The fourth-order valence-corrected chi connectivity index (χ4v) is 6.70. The van der Waals surface area contributed by atoms with Crippen molar-refractivity contribution in [3.63, 3.8) is 0 Å². The van der Waals surface area contributed by atoms with Gasteiger partial charge in [0.1, 0.15) is 0 Å². The molecule has 0 bridgehead atoms. The molecular formula is C22H35N3O4S. The first-order valence-corrected chi connectivity index (χ1v) is 12.4. The minimum absolute atomic E-state index is 0.250. The predicted molar refractivity (Wildman–Crippen MR) is 117 cm³/mol. The molecule has 1 amide bonds. The summed E-state index contributed by atoms with van der Waals surface area (Å²) in [6, 6.07) is 7.54. The maximum Gasteiger partial charge on any atom is 0.243 e. The zero-order valence-corrected chi connectivity index (χ0v) is 19.0. The summed E-state index contributed by atoms with van der Waals surface area (Å²) < 4.78 is 33.2. The first kappa shape index (κ1) is 23.2. The lowest BCUT2D eigenvalue weighted by Gasteiger charge is -2.46. The fourth-order valence-electron chi connectivity index (χ4n) is 4.94. The number of hydrogen-bond acceptors (Lipinski definition) is 5. The highest BCUT2D eigenvalue weighted by atomic mass is 32.2. The summed E-state index contributed by atoms with van der Waals surface area (Å²) in [6.45, 7) is 5.07. The van der Waals surface area contributed by atoms with E-state index in [9.17, 15) is 13.2 Å². The number of carbonyl (C=O) groups is 1. The van der Waals surface area contributed by atoms with Crippen LogP contribution in [0.2, 0.25) is 0 Å². The lowest BCUT2D eigenvalue weighted by atomic mass is 9.76. The average molecular weight is 438 g/mol. The number of benzene rings is 1. The molecular weight excluding hydrogens is 402 g/mol. The van der Waals surface area contributed by atoms with Gasteiger partial charge in [0.15, 0.2) is 0 Å². The van der Waals surface area contributed by atoms with E-state index < -0.39 is 15.4 Å². The number of amides is 1. The standard InChI is InChI=1S/C22H35N3O4S/c1-3-18-7-4-5-8-20(18)30(27,28)25-14-9-19(10-15-25)24-13-6-11-22(17-24,21(23)26)12-16-29-2/h4-5,7-8,19H,3,6,9-17H2,1-2H3,(H2,23,26). The number of nitrogens with zero attached hydrogens (tertiary/aromatic N) is 2. The van der Waals surface area contributed by atoms with Crippen molar-refractivity contribution in [3.05, 3.63) is 29.8 Å². The molecule has 3 rings (SSSR count). The molecule has 0 spiro atoms. The molecule has 7 nitrogen and oxygen atoms in total. The Morgan fingerprint density at radius 1 is 1.23 bits per heavy atom. The van der Waals surface area contributed by atoms with Crippen LogP contribution in [0.1, 0.15) is 44.6 Å². The highest BCUT2D eigenvalue weighted by Crippen LogP contribution is 2.36. The Morgan fingerprint density at radius 3 is 2.57 bits per heavy atom. The topological polar surface area (TPSA) is 92.9 Å². The Hall–Kier alpha value is -1.48. The van der Waals surface area contributed by atoms with Crippen molar-refractivity contribution in [3.8, 4) is 0 Å². The van der Waals surface area contributed by atoms with Crippen LogP contribution in [0.5, 0.6) is 0 Å².